The van der Waals surface area contributed by atoms with Crippen LogP contribution in [-0.4, -0.2) is 30.9 Å². The molecule has 0 atom stereocenters. The molecule has 1 rings (SSSR count). The van der Waals surface area contributed by atoms with Crippen molar-refractivity contribution in [1.82, 2.24) is 10.3 Å². The number of amidine groups is 1. The molecule has 3 heteroatoms. The van der Waals surface area contributed by atoms with Crippen molar-refractivity contribution in [2.45, 2.75) is 19.8 Å². The van der Waals surface area contributed by atoms with E-state index in [0.717, 1.165) is 25.3 Å². The molecular weight excluding hydrogens is 126 g/mol. The highest BCUT2D eigenvalue weighted by Gasteiger charge is 2.10. The SMILES string of the molecule is CCCN(C)C1=N[N]CC1. The van der Waals surface area contributed by atoms with Gasteiger partial charge in [-0.3, -0.25) is 0 Å². The van der Waals surface area contributed by atoms with Crippen LogP contribution in [0.4, 0.5) is 0 Å². The van der Waals surface area contributed by atoms with Gasteiger partial charge in [0, 0.05) is 20.0 Å². The quantitative estimate of drug-likeness (QED) is 0.553. The van der Waals surface area contributed by atoms with Gasteiger partial charge in [-0.2, -0.15) is 5.43 Å². The van der Waals surface area contributed by atoms with Crippen LogP contribution < -0.4 is 5.43 Å². The van der Waals surface area contributed by atoms with E-state index in [-0.39, 0.29) is 0 Å². The molecule has 0 aliphatic carbocycles. The second kappa shape index (κ2) is 3.44. The molecule has 1 aliphatic heterocycles. The molecule has 0 unspecified atom stereocenters. The number of hydrogen-bond acceptors (Lipinski definition) is 2. The minimum absolute atomic E-state index is 0.878. The summed E-state index contributed by atoms with van der Waals surface area (Å²) in [4.78, 5) is 2.18. The van der Waals surface area contributed by atoms with E-state index in [9.17, 15) is 0 Å². The van der Waals surface area contributed by atoms with Crippen LogP contribution in [0, 0.1) is 0 Å². The normalized spacial score (nSPS) is 16.4. The van der Waals surface area contributed by atoms with Crippen LogP contribution in [0.5, 0.6) is 0 Å². The summed E-state index contributed by atoms with van der Waals surface area (Å²) < 4.78 is 0. The lowest BCUT2D eigenvalue weighted by molar-refractivity contribution is 0.494. The Labute approximate surface area is 62.1 Å². The first kappa shape index (κ1) is 7.38. The molecule has 1 aliphatic rings. The molecule has 0 amide bonds. The zero-order valence-electron chi connectivity index (χ0n) is 6.67. The van der Waals surface area contributed by atoms with Crippen LogP contribution >= 0.6 is 0 Å². The summed E-state index contributed by atoms with van der Waals surface area (Å²) in [5.41, 5.74) is 3.91. The van der Waals surface area contributed by atoms with E-state index in [1.165, 1.54) is 6.42 Å². The first-order valence-electron chi connectivity index (χ1n) is 3.79. The van der Waals surface area contributed by atoms with Crippen LogP contribution in [0.2, 0.25) is 0 Å². The summed E-state index contributed by atoms with van der Waals surface area (Å²) in [6.45, 7) is 4.14. The lowest BCUT2D eigenvalue weighted by Gasteiger charge is -2.15. The maximum Gasteiger partial charge on any atom is 0.128 e. The van der Waals surface area contributed by atoms with Gasteiger partial charge in [-0.05, 0) is 6.42 Å². The van der Waals surface area contributed by atoms with Crippen molar-refractivity contribution in [3.8, 4) is 0 Å². The number of nitrogens with zero attached hydrogens (tertiary/aromatic N) is 3. The van der Waals surface area contributed by atoms with Crippen molar-refractivity contribution in [2.24, 2.45) is 5.10 Å². The summed E-state index contributed by atoms with van der Waals surface area (Å²) >= 11 is 0. The van der Waals surface area contributed by atoms with Gasteiger partial charge >= 0.3 is 0 Å². The molecule has 57 valence electrons. The molecule has 0 aromatic heterocycles. The Balaban J connectivity index is 2.32. The first-order valence-corrected chi connectivity index (χ1v) is 3.79. The standard InChI is InChI=1S/C7H14N3/c1-3-6-10(2)7-4-5-8-9-7/h3-6H2,1-2H3. The van der Waals surface area contributed by atoms with E-state index >= 15 is 0 Å². The van der Waals surface area contributed by atoms with E-state index in [4.69, 9.17) is 0 Å². The van der Waals surface area contributed by atoms with Gasteiger partial charge in [-0.15, -0.1) is 5.10 Å². The Morgan fingerprint density at radius 1 is 1.60 bits per heavy atom. The van der Waals surface area contributed by atoms with E-state index in [0.29, 0.717) is 0 Å². The molecule has 10 heavy (non-hydrogen) atoms. The largest absolute Gasteiger partial charge is 0.362 e. The first-order chi connectivity index (χ1) is 4.84. The van der Waals surface area contributed by atoms with Gasteiger partial charge in [-0.1, -0.05) is 6.92 Å². The van der Waals surface area contributed by atoms with Crippen molar-refractivity contribution < 1.29 is 0 Å². The molecule has 1 radical (unpaired) electrons. The molecule has 0 bridgehead atoms. The van der Waals surface area contributed by atoms with E-state index in [1.807, 2.05) is 0 Å². The van der Waals surface area contributed by atoms with Crippen LogP contribution in [0.25, 0.3) is 0 Å². The topological polar surface area (TPSA) is 29.7 Å². The Kier molecular flexibility index (Phi) is 2.54. The fraction of sp³-hybridized carbons (Fsp3) is 0.857. The Morgan fingerprint density at radius 2 is 2.40 bits per heavy atom. The van der Waals surface area contributed by atoms with Crippen molar-refractivity contribution >= 4 is 5.84 Å². The predicted octanol–water partition coefficient (Wildman–Crippen LogP) is 0.650. The van der Waals surface area contributed by atoms with E-state index in [2.05, 4.69) is 29.4 Å². The van der Waals surface area contributed by atoms with Gasteiger partial charge in [0.05, 0.1) is 6.54 Å². The molecular formula is C7H14N3. The molecule has 0 N–H and O–H groups in total. The third-order valence-electron chi connectivity index (χ3n) is 1.62. The molecule has 0 saturated carbocycles. The zero-order chi connectivity index (χ0) is 7.40. The Bertz CT molecular complexity index is 131. The van der Waals surface area contributed by atoms with Crippen LogP contribution in [0.1, 0.15) is 19.8 Å². The average Bonchev–Trinajstić information content (AvgIpc) is 2.38. The number of rotatable bonds is 2. The smallest absolute Gasteiger partial charge is 0.128 e. The molecule has 0 aromatic rings. The summed E-state index contributed by atoms with van der Waals surface area (Å²) in [6, 6.07) is 0. The summed E-state index contributed by atoms with van der Waals surface area (Å²) in [6.07, 6.45) is 2.20. The maximum atomic E-state index is 4.02. The number of hydrogen-bond donors (Lipinski definition) is 0. The van der Waals surface area contributed by atoms with Gasteiger partial charge in [0.25, 0.3) is 0 Å². The second-order valence-corrected chi connectivity index (χ2v) is 2.55. The molecule has 1 heterocycles. The lowest BCUT2D eigenvalue weighted by atomic mass is 10.3. The minimum atomic E-state index is 0.878. The maximum absolute atomic E-state index is 4.02. The fourth-order valence-corrected chi connectivity index (χ4v) is 1.06. The minimum Gasteiger partial charge on any atom is -0.362 e. The highest BCUT2D eigenvalue weighted by molar-refractivity contribution is 5.83. The van der Waals surface area contributed by atoms with E-state index in [1.54, 1.807) is 0 Å². The fourth-order valence-electron chi connectivity index (χ4n) is 1.06. The zero-order valence-corrected chi connectivity index (χ0v) is 6.67. The predicted molar refractivity (Wildman–Crippen MR) is 42.0 cm³/mol. The highest BCUT2D eigenvalue weighted by atomic mass is 15.4. The van der Waals surface area contributed by atoms with Crippen molar-refractivity contribution in [3.63, 3.8) is 0 Å². The van der Waals surface area contributed by atoms with Gasteiger partial charge in [-0.25, -0.2) is 0 Å². The lowest BCUT2D eigenvalue weighted by Crippen LogP contribution is -2.25. The second-order valence-electron chi connectivity index (χ2n) is 2.55. The molecule has 0 saturated heterocycles. The summed E-state index contributed by atoms with van der Waals surface area (Å²) in [5, 5.41) is 4.02. The third-order valence-corrected chi connectivity index (χ3v) is 1.62. The van der Waals surface area contributed by atoms with Crippen LogP contribution in [0.15, 0.2) is 5.10 Å². The average molecular weight is 140 g/mol. The molecule has 0 spiro atoms. The highest BCUT2D eigenvalue weighted by Crippen LogP contribution is 1.99. The Hall–Kier alpha value is -0.730. The van der Waals surface area contributed by atoms with Crippen molar-refractivity contribution in [3.05, 3.63) is 0 Å². The molecule has 3 nitrogen and oxygen atoms in total. The Morgan fingerprint density at radius 3 is 2.90 bits per heavy atom. The summed E-state index contributed by atoms with van der Waals surface area (Å²) in [7, 11) is 2.07. The van der Waals surface area contributed by atoms with Crippen molar-refractivity contribution in [2.75, 3.05) is 20.1 Å². The van der Waals surface area contributed by atoms with Gasteiger partial charge in [0.2, 0.25) is 0 Å². The third kappa shape index (κ3) is 1.62. The molecule has 0 aromatic carbocycles. The van der Waals surface area contributed by atoms with Crippen molar-refractivity contribution in [1.29, 1.82) is 0 Å². The monoisotopic (exact) mass is 140 g/mol. The van der Waals surface area contributed by atoms with E-state index < -0.39 is 0 Å². The van der Waals surface area contributed by atoms with Gasteiger partial charge < -0.3 is 4.90 Å². The summed E-state index contributed by atoms with van der Waals surface area (Å²) in [5.74, 6) is 1.14. The van der Waals surface area contributed by atoms with Crippen LogP contribution in [-0.2, 0) is 0 Å². The van der Waals surface area contributed by atoms with Gasteiger partial charge in [0.15, 0.2) is 0 Å². The van der Waals surface area contributed by atoms with Crippen LogP contribution in [0.3, 0.4) is 0 Å². The molecule has 0 fully saturated rings. The van der Waals surface area contributed by atoms with Gasteiger partial charge in [0.1, 0.15) is 5.84 Å².